The van der Waals surface area contributed by atoms with Crippen molar-refractivity contribution in [3.63, 3.8) is 0 Å². The molecule has 0 spiro atoms. The van der Waals surface area contributed by atoms with Crippen LogP contribution in [0, 0.1) is 0 Å². The predicted octanol–water partition coefficient (Wildman–Crippen LogP) is 2.20. The zero-order valence-electron chi connectivity index (χ0n) is 14.3. The number of rotatable bonds is 6. The lowest BCUT2D eigenvalue weighted by Gasteiger charge is -2.31. The number of benzene rings is 1. The van der Waals surface area contributed by atoms with Crippen LogP contribution in [0.4, 0.5) is 0 Å². The maximum absolute atomic E-state index is 4.19. The van der Waals surface area contributed by atoms with Crippen LogP contribution in [0.1, 0.15) is 36.7 Å². The largest absolute Gasteiger partial charge is 0.303 e. The van der Waals surface area contributed by atoms with E-state index in [4.69, 9.17) is 0 Å². The Hall–Kier alpha value is -2.54. The Morgan fingerprint density at radius 1 is 1.08 bits per heavy atom. The summed E-state index contributed by atoms with van der Waals surface area (Å²) >= 11 is 0. The summed E-state index contributed by atoms with van der Waals surface area (Å²) in [5.41, 5.74) is 2.30. The lowest BCUT2D eigenvalue weighted by atomic mass is 9.93. The Kier molecular flexibility index (Phi) is 4.83. The molecule has 7 heteroatoms. The van der Waals surface area contributed by atoms with Gasteiger partial charge in [-0.3, -0.25) is 5.10 Å². The van der Waals surface area contributed by atoms with Crippen LogP contribution in [0.2, 0.25) is 0 Å². The van der Waals surface area contributed by atoms with Crippen LogP contribution in [0.15, 0.2) is 42.6 Å². The molecule has 1 saturated heterocycles. The number of aromatic amines is 1. The van der Waals surface area contributed by atoms with Crippen LogP contribution in [0.3, 0.4) is 0 Å². The van der Waals surface area contributed by atoms with Crippen LogP contribution in [-0.2, 0) is 6.42 Å². The van der Waals surface area contributed by atoms with Crippen molar-refractivity contribution in [2.45, 2.75) is 31.6 Å². The second-order valence-electron chi connectivity index (χ2n) is 6.57. The van der Waals surface area contributed by atoms with Gasteiger partial charge in [0.15, 0.2) is 5.82 Å². The molecule has 0 saturated carbocycles. The number of hydrogen-bond acceptors (Lipinski definition) is 5. The van der Waals surface area contributed by atoms with E-state index in [-0.39, 0.29) is 0 Å². The molecule has 7 nitrogen and oxygen atoms in total. The highest BCUT2D eigenvalue weighted by molar-refractivity contribution is 5.30. The van der Waals surface area contributed by atoms with Gasteiger partial charge in [-0.25, -0.2) is 0 Å². The van der Waals surface area contributed by atoms with Gasteiger partial charge in [-0.05, 0) is 67.5 Å². The van der Waals surface area contributed by atoms with Gasteiger partial charge in [0.05, 0.1) is 5.69 Å². The summed E-state index contributed by atoms with van der Waals surface area (Å²) in [5, 5.41) is 19.3. The number of tetrazole rings is 1. The summed E-state index contributed by atoms with van der Waals surface area (Å²) in [7, 11) is 0. The molecule has 130 valence electrons. The van der Waals surface area contributed by atoms with E-state index in [1.807, 2.05) is 41.2 Å². The fraction of sp³-hybridized carbons (Fsp3) is 0.444. The van der Waals surface area contributed by atoms with E-state index in [2.05, 4.69) is 36.7 Å². The van der Waals surface area contributed by atoms with E-state index >= 15 is 0 Å². The van der Waals surface area contributed by atoms with Gasteiger partial charge < -0.3 is 4.90 Å². The molecular weight excluding hydrogens is 314 g/mol. The molecule has 0 amide bonds. The molecule has 4 rings (SSSR count). The van der Waals surface area contributed by atoms with Gasteiger partial charge in [0.1, 0.15) is 0 Å². The smallest absolute Gasteiger partial charge is 0.156 e. The highest BCUT2D eigenvalue weighted by Crippen LogP contribution is 2.26. The van der Waals surface area contributed by atoms with Crippen LogP contribution in [0.5, 0.6) is 0 Å². The van der Waals surface area contributed by atoms with Gasteiger partial charge in [0, 0.05) is 24.2 Å². The molecule has 2 aromatic heterocycles. The van der Waals surface area contributed by atoms with Gasteiger partial charge in [-0.1, -0.05) is 18.2 Å². The third-order valence-electron chi connectivity index (χ3n) is 4.96. The first-order valence-electron chi connectivity index (χ1n) is 8.94. The van der Waals surface area contributed by atoms with E-state index in [9.17, 15) is 0 Å². The molecule has 0 aliphatic carbocycles. The van der Waals surface area contributed by atoms with E-state index < -0.39 is 0 Å². The summed E-state index contributed by atoms with van der Waals surface area (Å²) in [5.74, 6) is 1.56. The Labute approximate surface area is 147 Å². The molecule has 1 N–H and O–H groups in total. The van der Waals surface area contributed by atoms with Crippen molar-refractivity contribution in [1.82, 2.24) is 35.3 Å². The molecule has 3 aromatic rings. The first-order valence-corrected chi connectivity index (χ1v) is 8.94. The molecule has 1 aliphatic heterocycles. The number of nitrogens with one attached hydrogen (secondary N) is 1. The number of H-pyrrole nitrogens is 1. The number of aromatic nitrogens is 6. The number of aryl methyl sites for hydroxylation is 1. The van der Waals surface area contributed by atoms with Gasteiger partial charge in [-0.2, -0.15) is 9.78 Å². The van der Waals surface area contributed by atoms with Crippen molar-refractivity contribution in [3.8, 4) is 5.69 Å². The predicted molar refractivity (Wildman–Crippen MR) is 94.5 cm³/mol. The monoisotopic (exact) mass is 337 g/mol. The number of nitrogens with zero attached hydrogens (tertiary/aromatic N) is 6. The maximum atomic E-state index is 4.19. The Morgan fingerprint density at radius 2 is 1.92 bits per heavy atom. The molecule has 1 aromatic carbocycles. The summed E-state index contributed by atoms with van der Waals surface area (Å²) in [4.78, 5) is 2.55. The molecule has 0 radical (unpaired) electrons. The van der Waals surface area contributed by atoms with E-state index in [0.29, 0.717) is 5.92 Å². The summed E-state index contributed by atoms with van der Waals surface area (Å²) in [6, 6.07) is 12.2. The Morgan fingerprint density at radius 3 is 2.68 bits per heavy atom. The zero-order valence-corrected chi connectivity index (χ0v) is 14.3. The summed E-state index contributed by atoms with van der Waals surface area (Å²) in [6.45, 7) is 3.39. The summed E-state index contributed by atoms with van der Waals surface area (Å²) < 4.78 is 1.84. The molecule has 25 heavy (non-hydrogen) atoms. The molecule has 0 atom stereocenters. The normalized spacial score (nSPS) is 16.3. The lowest BCUT2D eigenvalue weighted by Crippen LogP contribution is -2.34. The molecular formula is C18H23N7. The van der Waals surface area contributed by atoms with Crippen LogP contribution >= 0.6 is 0 Å². The molecule has 1 aliphatic rings. The minimum Gasteiger partial charge on any atom is -0.303 e. The SMILES string of the molecule is c1ccc(-n2nnnc2CCCN2CCC(c3ccn[nH]3)CC2)cc1. The van der Waals surface area contributed by atoms with Crippen molar-refractivity contribution >= 4 is 0 Å². The van der Waals surface area contributed by atoms with Gasteiger partial charge in [-0.15, -0.1) is 5.10 Å². The standard InChI is InChI=1S/C18H23N7/c1-2-5-16(6-3-1)25-18(21-22-23-25)7-4-12-24-13-9-15(10-14-24)17-8-11-19-20-17/h1-3,5-6,8,11,15H,4,7,9-10,12-14H2,(H,19,20). The molecule has 1 fully saturated rings. The average Bonchev–Trinajstić information content (AvgIpc) is 3.35. The van der Waals surface area contributed by atoms with Gasteiger partial charge in [0.2, 0.25) is 0 Å². The van der Waals surface area contributed by atoms with Gasteiger partial charge >= 0.3 is 0 Å². The minimum absolute atomic E-state index is 0.629. The first kappa shape index (κ1) is 16.0. The lowest BCUT2D eigenvalue weighted by molar-refractivity contribution is 0.208. The maximum Gasteiger partial charge on any atom is 0.156 e. The Bertz CT molecular complexity index is 758. The first-order chi connectivity index (χ1) is 12.4. The van der Waals surface area contributed by atoms with Crippen molar-refractivity contribution in [3.05, 3.63) is 54.1 Å². The topological polar surface area (TPSA) is 75.5 Å². The fourth-order valence-electron chi connectivity index (χ4n) is 3.55. The van der Waals surface area contributed by atoms with Crippen molar-refractivity contribution in [2.24, 2.45) is 0 Å². The zero-order chi connectivity index (χ0) is 16.9. The quantitative estimate of drug-likeness (QED) is 0.746. The highest BCUT2D eigenvalue weighted by atomic mass is 15.5. The highest BCUT2D eigenvalue weighted by Gasteiger charge is 2.21. The minimum atomic E-state index is 0.629. The molecule has 0 bridgehead atoms. The number of likely N-dealkylation sites (tertiary alicyclic amines) is 1. The molecule has 3 heterocycles. The van der Waals surface area contributed by atoms with E-state index in [0.717, 1.165) is 44.0 Å². The van der Waals surface area contributed by atoms with Crippen LogP contribution in [-0.4, -0.2) is 54.9 Å². The van der Waals surface area contributed by atoms with Gasteiger partial charge in [0.25, 0.3) is 0 Å². The van der Waals surface area contributed by atoms with Crippen LogP contribution < -0.4 is 0 Å². The van der Waals surface area contributed by atoms with Crippen molar-refractivity contribution in [2.75, 3.05) is 19.6 Å². The Balaban J connectivity index is 1.26. The third kappa shape index (κ3) is 3.76. The van der Waals surface area contributed by atoms with Crippen LogP contribution in [0.25, 0.3) is 5.69 Å². The number of hydrogen-bond donors (Lipinski definition) is 1. The summed E-state index contributed by atoms with van der Waals surface area (Å²) in [6.07, 6.45) is 6.21. The van der Waals surface area contributed by atoms with E-state index in [1.54, 1.807) is 0 Å². The van der Waals surface area contributed by atoms with E-state index in [1.165, 1.54) is 18.5 Å². The number of para-hydroxylation sites is 1. The number of piperidine rings is 1. The fourth-order valence-corrected chi connectivity index (χ4v) is 3.55. The van der Waals surface area contributed by atoms with Crippen molar-refractivity contribution < 1.29 is 0 Å². The second kappa shape index (κ2) is 7.57. The third-order valence-corrected chi connectivity index (χ3v) is 4.96. The van der Waals surface area contributed by atoms with Crippen molar-refractivity contribution in [1.29, 1.82) is 0 Å². The second-order valence-corrected chi connectivity index (χ2v) is 6.57. The average molecular weight is 337 g/mol. The molecule has 0 unspecified atom stereocenters.